The van der Waals surface area contributed by atoms with Crippen molar-refractivity contribution < 1.29 is 9.47 Å². The number of hydrogen-bond acceptors (Lipinski definition) is 6. The molecule has 1 aliphatic rings. The van der Waals surface area contributed by atoms with Crippen molar-refractivity contribution in [2.24, 2.45) is 0 Å². The van der Waals surface area contributed by atoms with E-state index in [0.717, 1.165) is 39.4 Å². The molecule has 0 aliphatic carbocycles. The van der Waals surface area contributed by atoms with Crippen molar-refractivity contribution >= 4 is 5.65 Å². The van der Waals surface area contributed by atoms with Crippen molar-refractivity contribution in [3.8, 4) is 23.2 Å². The van der Waals surface area contributed by atoms with Gasteiger partial charge >= 0.3 is 0 Å². The third kappa shape index (κ3) is 3.84. The molecule has 7 rings (SSSR count). The van der Waals surface area contributed by atoms with Crippen LogP contribution in [0.3, 0.4) is 0 Å². The number of para-hydroxylation sites is 1. The van der Waals surface area contributed by atoms with Crippen LogP contribution in [0.2, 0.25) is 0 Å². The van der Waals surface area contributed by atoms with E-state index in [1.807, 2.05) is 72.3 Å². The number of rotatable bonds is 5. The van der Waals surface area contributed by atoms with E-state index in [0.29, 0.717) is 23.2 Å². The third-order valence-corrected chi connectivity index (χ3v) is 7.31. The van der Waals surface area contributed by atoms with Crippen molar-refractivity contribution in [2.75, 3.05) is 0 Å². The Kier molecular flexibility index (Phi) is 5.40. The first kappa shape index (κ1) is 23.2. The fourth-order valence-electron chi connectivity index (χ4n) is 5.23. The van der Waals surface area contributed by atoms with Gasteiger partial charge < -0.3 is 9.47 Å². The molecule has 0 radical (unpaired) electrons. The summed E-state index contributed by atoms with van der Waals surface area (Å²) in [5.74, 6) is 2.37. The highest BCUT2D eigenvalue weighted by molar-refractivity contribution is 5.66. The zero-order valence-corrected chi connectivity index (χ0v) is 21.9. The summed E-state index contributed by atoms with van der Waals surface area (Å²) >= 11 is 0. The zero-order chi connectivity index (χ0) is 26.5. The largest absolute Gasteiger partial charge is 0.485 e. The number of nitrogens with zero attached hydrogens (tertiary/aromatic N) is 6. The van der Waals surface area contributed by atoms with Crippen LogP contribution in [0.4, 0.5) is 0 Å². The van der Waals surface area contributed by atoms with Crippen molar-refractivity contribution in [1.29, 1.82) is 0 Å². The van der Waals surface area contributed by atoms with Gasteiger partial charge in [0.2, 0.25) is 11.8 Å². The molecule has 8 nitrogen and oxygen atoms in total. The lowest BCUT2D eigenvalue weighted by Crippen LogP contribution is -2.16. The Balaban J connectivity index is 1.36. The van der Waals surface area contributed by atoms with Gasteiger partial charge in [-0.15, -0.1) is 5.10 Å². The molecule has 8 heteroatoms. The predicted molar refractivity (Wildman–Crippen MR) is 147 cm³/mol. The molecule has 1 atom stereocenters. The molecule has 0 saturated carbocycles. The topological polar surface area (TPSA) is 79.4 Å². The van der Waals surface area contributed by atoms with Gasteiger partial charge in [0.25, 0.3) is 0 Å². The lowest BCUT2D eigenvalue weighted by atomic mass is 9.84. The summed E-state index contributed by atoms with van der Waals surface area (Å²) in [5.41, 5.74) is 7.73. The molecule has 0 unspecified atom stereocenters. The lowest BCUT2D eigenvalue weighted by Gasteiger charge is -2.26. The minimum Gasteiger partial charge on any atom is -0.485 e. The van der Waals surface area contributed by atoms with Crippen LogP contribution in [0.25, 0.3) is 11.3 Å². The molecule has 0 saturated heterocycles. The molecule has 4 heterocycles. The monoisotopic (exact) mass is 514 g/mol. The van der Waals surface area contributed by atoms with Crippen LogP contribution in [-0.4, -0.2) is 29.4 Å². The van der Waals surface area contributed by atoms with Crippen molar-refractivity contribution in [3.05, 3.63) is 125 Å². The Morgan fingerprint density at radius 1 is 0.846 bits per heavy atom. The predicted octanol–water partition coefficient (Wildman–Crippen LogP) is 6.10. The summed E-state index contributed by atoms with van der Waals surface area (Å²) < 4.78 is 16.2. The Morgan fingerprint density at radius 2 is 1.62 bits per heavy atom. The molecule has 0 bridgehead atoms. The lowest BCUT2D eigenvalue weighted by molar-refractivity contribution is 0.294. The number of benzene rings is 3. The quantitative estimate of drug-likeness (QED) is 0.276. The smallest absolute Gasteiger partial charge is 0.230 e. The molecule has 0 N–H and O–H groups in total. The fraction of sp³-hybridized carbons (Fsp3) is 0.161. The zero-order valence-electron chi connectivity index (χ0n) is 21.9. The van der Waals surface area contributed by atoms with Gasteiger partial charge in [0.1, 0.15) is 18.7 Å². The van der Waals surface area contributed by atoms with Gasteiger partial charge in [0, 0.05) is 0 Å². The molecule has 1 aliphatic heterocycles. The normalized spacial score (nSPS) is 14.1. The van der Waals surface area contributed by atoms with E-state index < -0.39 is 0 Å². The molecule has 3 aromatic carbocycles. The first-order valence-corrected chi connectivity index (χ1v) is 12.9. The van der Waals surface area contributed by atoms with Gasteiger partial charge in [-0.3, -0.25) is 0 Å². The van der Waals surface area contributed by atoms with E-state index in [2.05, 4.69) is 42.1 Å². The number of fused-ring (bicyclic) bond motifs is 4. The van der Waals surface area contributed by atoms with Crippen LogP contribution in [0.15, 0.2) is 85.2 Å². The van der Waals surface area contributed by atoms with Gasteiger partial charge in [-0.2, -0.15) is 5.10 Å². The van der Waals surface area contributed by atoms with Gasteiger partial charge in [0.15, 0.2) is 11.5 Å². The maximum atomic E-state index is 6.49. The summed E-state index contributed by atoms with van der Waals surface area (Å²) in [4.78, 5) is 9.60. The Bertz CT molecular complexity index is 1830. The van der Waals surface area contributed by atoms with E-state index in [4.69, 9.17) is 19.6 Å². The van der Waals surface area contributed by atoms with Crippen molar-refractivity contribution in [2.45, 2.75) is 33.3 Å². The van der Waals surface area contributed by atoms with Crippen LogP contribution in [-0.2, 0) is 6.61 Å². The van der Waals surface area contributed by atoms with Gasteiger partial charge in [-0.1, -0.05) is 60.7 Å². The second-order valence-corrected chi connectivity index (χ2v) is 9.74. The van der Waals surface area contributed by atoms with Crippen LogP contribution < -0.4 is 9.47 Å². The number of aryl methyl sites for hydroxylation is 2. The van der Waals surface area contributed by atoms with Crippen LogP contribution >= 0.6 is 0 Å². The van der Waals surface area contributed by atoms with Gasteiger partial charge in [-0.05, 0) is 55.7 Å². The number of aromatic nitrogens is 6. The molecule has 3 aromatic heterocycles. The molecule has 0 fully saturated rings. The second kappa shape index (κ2) is 9.09. The molecule has 0 spiro atoms. The van der Waals surface area contributed by atoms with E-state index in [-0.39, 0.29) is 12.5 Å². The molecular formula is C31H26N6O2. The maximum absolute atomic E-state index is 6.49. The Hall–Kier alpha value is -4.98. The molecule has 0 amide bonds. The van der Waals surface area contributed by atoms with Crippen LogP contribution in [0, 0.1) is 20.8 Å². The highest BCUT2D eigenvalue weighted by atomic mass is 16.5. The van der Waals surface area contributed by atoms with Crippen molar-refractivity contribution in [3.63, 3.8) is 0 Å². The van der Waals surface area contributed by atoms with Gasteiger partial charge in [0.05, 0.1) is 28.4 Å². The summed E-state index contributed by atoms with van der Waals surface area (Å²) in [7, 11) is 0. The fourth-order valence-corrected chi connectivity index (χ4v) is 5.23. The standard InChI is InChI=1S/C31H26N6O2/c1-19-11-10-16-24(20(19)2)38-17-25-33-29-28-27(22-12-6-4-7-13-22)26-21(3)34-37(23-14-8-5-9-15-23)31(26)39-30(28)32-18-36(29)35-25/h4-16,18,27H,17H2,1-3H3/t27-/m0/s1. The summed E-state index contributed by atoms with van der Waals surface area (Å²) in [6.07, 6.45) is 1.64. The van der Waals surface area contributed by atoms with E-state index >= 15 is 0 Å². The van der Waals surface area contributed by atoms with Crippen LogP contribution in [0.1, 0.15) is 45.3 Å². The molecule has 192 valence electrons. The van der Waals surface area contributed by atoms with Crippen LogP contribution in [0.5, 0.6) is 17.5 Å². The first-order chi connectivity index (χ1) is 19.1. The summed E-state index contributed by atoms with van der Waals surface area (Å²) in [5, 5.41) is 9.57. The summed E-state index contributed by atoms with van der Waals surface area (Å²) in [6, 6.07) is 26.4. The summed E-state index contributed by atoms with van der Waals surface area (Å²) in [6.45, 7) is 6.39. The minimum absolute atomic E-state index is 0.185. The molecular weight excluding hydrogens is 488 g/mol. The average Bonchev–Trinajstić information content (AvgIpc) is 3.54. The van der Waals surface area contributed by atoms with E-state index in [9.17, 15) is 0 Å². The van der Waals surface area contributed by atoms with Gasteiger partial charge in [-0.25, -0.2) is 19.2 Å². The SMILES string of the molecule is Cc1cccc(OCc2nc3c4c(ncn3n2)Oc2c(c(C)nn2-c2ccccc2)[C@@H]4c2ccccc2)c1C. The highest BCUT2D eigenvalue weighted by Gasteiger charge is 2.38. The van der Waals surface area contributed by atoms with E-state index in [1.165, 1.54) is 5.56 Å². The molecule has 6 aromatic rings. The number of hydrogen-bond donors (Lipinski definition) is 0. The average molecular weight is 515 g/mol. The first-order valence-electron chi connectivity index (χ1n) is 12.9. The minimum atomic E-state index is -0.185. The second-order valence-electron chi connectivity index (χ2n) is 9.74. The van der Waals surface area contributed by atoms with Crippen molar-refractivity contribution in [1.82, 2.24) is 29.4 Å². The molecule has 39 heavy (non-hydrogen) atoms. The highest BCUT2D eigenvalue weighted by Crippen LogP contribution is 2.49. The maximum Gasteiger partial charge on any atom is 0.230 e. The Labute approximate surface area is 225 Å². The third-order valence-electron chi connectivity index (χ3n) is 7.31. The number of ether oxygens (including phenoxy) is 2. The van der Waals surface area contributed by atoms with E-state index in [1.54, 1.807) is 10.8 Å². The Morgan fingerprint density at radius 3 is 2.41 bits per heavy atom.